The first kappa shape index (κ1) is 21.4. The molecule has 3 aromatic rings. The van der Waals surface area contributed by atoms with E-state index in [9.17, 15) is 13.0 Å². The molecule has 1 N–H and O–H groups in total. The van der Waals surface area contributed by atoms with Gasteiger partial charge in [0.1, 0.15) is 7.14 Å². The van der Waals surface area contributed by atoms with Gasteiger partial charge < -0.3 is 4.57 Å². The van der Waals surface area contributed by atoms with Crippen molar-refractivity contribution in [3.05, 3.63) is 84.4 Å². The summed E-state index contributed by atoms with van der Waals surface area (Å²) in [5, 5.41) is 0.614. The van der Waals surface area contributed by atoms with Crippen LogP contribution in [0.5, 0.6) is 0 Å². The summed E-state index contributed by atoms with van der Waals surface area (Å²) in [5.41, 5.74) is 1.32. The number of para-hydroxylation sites is 1. The molecule has 0 saturated heterocycles. The Kier molecular flexibility index (Phi) is 5.75. The molecule has 0 radical (unpaired) electrons. The fourth-order valence-electron chi connectivity index (χ4n) is 3.28. The highest BCUT2D eigenvalue weighted by Gasteiger charge is 2.41. The van der Waals surface area contributed by atoms with Gasteiger partial charge in [-0.15, -0.1) is 0 Å². The van der Waals surface area contributed by atoms with Crippen LogP contribution >= 0.6 is 7.14 Å². The van der Waals surface area contributed by atoms with E-state index in [1.165, 1.54) is 0 Å². The van der Waals surface area contributed by atoms with Crippen LogP contribution in [-0.2, 0) is 14.6 Å². The van der Waals surface area contributed by atoms with Gasteiger partial charge in [-0.1, -0.05) is 80.9 Å². The Labute approximate surface area is 173 Å². The van der Waals surface area contributed by atoms with Gasteiger partial charge in [-0.25, -0.2) is 8.42 Å². The van der Waals surface area contributed by atoms with E-state index in [1.807, 2.05) is 58.0 Å². The van der Waals surface area contributed by atoms with Crippen molar-refractivity contribution < 1.29 is 13.0 Å². The average molecular weight is 428 g/mol. The van der Waals surface area contributed by atoms with E-state index in [0.29, 0.717) is 16.3 Å². The van der Waals surface area contributed by atoms with E-state index in [4.69, 9.17) is 0 Å². The van der Waals surface area contributed by atoms with Gasteiger partial charge in [0.25, 0.3) is 10.0 Å². The number of hydrogen-bond donors (Lipinski definition) is 1. The van der Waals surface area contributed by atoms with Crippen molar-refractivity contribution in [3.63, 3.8) is 0 Å². The highest BCUT2D eigenvalue weighted by Crippen LogP contribution is 2.56. The standard InChI is InChI=1S/C23H26NO3PS/c1-18-14-16-20(17-15-18)29(26,27)24-21-12-8-9-13-22(21)28(25,23(2,3)4)19-10-6-5-7-11-19/h5-17,24H,1-4H3. The van der Waals surface area contributed by atoms with Gasteiger partial charge in [0.05, 0.1) is 10.6 Å². The summed E-state index contributed by atoms with van der Waals surface area (Å²) in [6.07, 6.45) is 0. The molecular formula is C23H26NO3PS. The number of nitrogens with one attached hydrogen (secondary N) is 1. The van der Waals surface area contributed by atoms with Gasteiger partial charge in [0.15, 0.2) is 0 Å². The maximum absolute atomic E-state index is 14.5. The molecule has 0 aliphatic rings. The van der Waals surface area contributed by atoms with Crippen molar-refractivity contribution >= 4 is 33.5 Å². The molecule has 3 rings (SSSR count). The molecule has 0 aromatic heterocycles. The second-order valence-electron chi connectivity index (χ2n) is 8.05. The smallest absolute Gasteiger partial charge is 0.261 e. The number of aryl methyl sites for hydroxylation is 1. The normalized spacial score (nSPS) is 14.2. The quantitative estimate of drug-likeness (QED) is 0.589. The van der Waals surface area contributed by atoms with E-state index in [-0.39, 0.29) is 4.90 Å². The predicted molar refractivity (Wildman–Crippen MR) is 121 cm³/mol. The van der Waals surface area contributed by atoms with E-state index in [1.54, 1.807) is 48.5 Å². The summed E-state index contributed by atoms with van der Waals surface area (Å²) in [7, 11) is -6.97. The Morgan fingerprint density at radius 1 is 0.793 bits per heavy atom. The molecule has 0 spiro atoms. The first-order valence-corrected chi connectivity index (χ1v) is 12.6. The maximum atomic E-state index is 14.5. The van der Waals surface area contributed by atoms with Crippen LogP contribution in [0.3, 0.4) is 0 Å². The van der Waals surface area contributed by atoms with Crippen LogP contribution in [0.2, 0.25) is 0 Å². The van der Waals surface area contributed by atoms with Crippen molar-refractivity contribution in [2.45, 2.75) is 37.7 Å². The van der Waals surface area contributed by atoms with E-state index in [2.05, 4.69) is 4.72 Å². The molecule has 1 unspecified atom stereocenters. The van der Waals surface area contributed by atoms with Crippen molar-refractivity contribution in [2.24, 2.45) is 0 Å². The van der Waals surface area contributed by atoms with Crippen molar-refractivity contribution in [3.8, 4) is 0 Å². The zero-order valence-corrected chi connectivity index (χ0v) is 18.8. The van der Waals surface area contributed by atoms with E-state index in [0.717, 1.165) is 5.56 Å². The molecule has 3 aromatic carbocycles. The monoisotopic (exact) mass is 427 g/mol. The van der Waals surface area contributed by atoms with E-state index >= 15 is 0 Å². The Hall–Kier alpha value is -2.36. The molecular weight excluding hydrogens is 401 g/mol. The Balaban J connectivity index is 2.15. The molecule has 0 bridgehead atoms. The van der Waals surface area contributed by atoms with Gasteiger partial charge in [-0.3, -0.25) is 4.72 Å². The SMILES string of the molecule is Cc1ccc(S(=O)(=O)Nc2ccccc2P(=O)(c2ccccc2)C(C)(C)C)cc1. The van der Waals surface area contributed by atoms with Gasteiger partial charge in [-0.2, -0.15) is 0 Å². The van der Waals surface area contributed by atoms with Gasteiger partial charge in [0.2, 0.25) is 0 Å². The number of hydrogen-bond acceptors (Lipinski definition) is 3. The summed E-state index contributed by atoms with van der Waals surface area (Å²) < 4.78 is 43.1. The number of benzene rings is 3. The molecule has 6 heteroatoms. The second kappa shape index (κ2) is 7.81. The molecule has 4 nitrogen and oxygen atoms in total. The van der Waals surface area contributed by atoms with Crippen molar-refractivity contribution in [1.82, 2.24) is 0 Å². The average Bonchev–Trinajstić information content (AvgIpc) is 2.67. The second-order valence-corrected chi connectivity index (χ2v) is 13.3. The first-order valence-electron chi connectivity index (χ1n) is 9.40. The summed E-state index contributed by atoms with van der Waals surface area (Å²) in [5.74, 6) is 0. The van der Waals surface area contributed by atoms with Crippen LogP contribution in [0.4, 0.5) is 5.69 Å². The summed E-state index contributed by atoms with van der Waals surface area (Å²) in [4.78, 5) is 0.170. The Bertz CT molecular complexity index is 1150. The lowest BCUT2D eigenvalue weighted by atomic mass is 10.2. The molecule has 0 saturated carbocycles. The van der Waals surface area contributed by atoms with Crippen molar-refractivity contribution in [1.29, 1.82) is 0 Å². The third kappa shape index (κ3) is 4.17. The van der Waals surface area contributed by atoms with Crippen LogP contribution < -0.4 is 15.3 Å². The highest BCUT2D eigenvalue weighted by molar-refractivity contribution is 7.93. The van der Waals surface area contributed by atoms with Gasteiger partial charge in [0, 0.05) is 15.8 Å². The summed E-state index contributed by atoms with van der Waals surface area (Å²) in [6, 6.07) is 22.9. The predicted octanol–water partition coefficient (Wildman–Crippen LogP) is 4.91. The van der Waals surface area contributed by atoms with Crippen LogP contribution in [0, 0.1) is 6.92 Å². The Morgan fingerprint density at radius 2 is 1.34 bits per heavy atom. The third-order valence-electron chi connectivity index (χ3n) is 4.88. The highest BCUT2D eigenvalue weighted by atomic mass is 32.2. The molecule has 0 aliphatic carbocycles. The maximum Gasteiger partial charge on any atom is 0.261 e. The molecule has 152 valence electrons. The minimum atomic E-state index is -3.81. The van der Waals surface area contributed by atoms with Gasteiger partial charge in [-0.05, 0) is 31.2 Å². The largest absolute Gasteiger partial charge is 0.313 e. The third-order valence-corrected chi connectivity index (χ3v) is 10.2. The molecule has 0 amide bonds. The number of rotatable bonds is 5. The van der Waals surface area contributed by atoms with Crippen LogP contribution in [0.15, 0.2) is 83.8 Å². The lowest BCUT2D eigenvalue weighted by Crippen LogP contribution is -2.32. The minimum absolute atomic E-state index is 0.170. The van der Waals surface area contributed by atoms with Crippen LogP contribution in [-0.4, -0.2) is 13.6 Å². The fourth-order valence-corrected chi connectivity index (χ4v) is 7.57. The lowest BCUT2D eigenvalue weighted by Gasteiger charge is -2.33. The van der Waals surface area contributed by atoms with Crippen LogP contribution in [0.25, 0.3) is 0 Å². The first-order chi connectivity index (χ1) is 13.6. The van der Waals surface area contributed by atoms with Gasteiger partial charge >= 0.3 is 0 Å². The molecule has 1 atom stereocenters. The number of sulfonamides is 1. The topological polar surface area (TPSA) is 63.2 Å². The zero-order valence-electron chi connectivity index (χ0n) is 17.1. The zero-order chi connectivity index (χ0) is 21.3. The molecule has 29 heavy (non-hydrogen) atoms. The molecule has 0 aliphatic heterocycles. The molecule has 0 heterocycles. The fraction of sp³-hybridized carbons (Fsp3) is 0.217. The summed E-state index contributed by atoms with van der Waals surface area (Å²) in [6.45, 7) is 7.67. The van der Waals surface area contributed by atoms with Crippen LogP contribution in [0.1, 0.15) is 26.3 Å². The lowest BCUT2D eigenvalue weighted by molar-refractivity contribution is 0.564. The summed E-state index contributed by atoms with van der Waals surface area (Å²) >= 11 is 0. The number of anilines is 1. The van der Waals surface area contributed by atoms with E-state index < -0.39 is 22.3 Å². The molecule has 0 fully saturated rings. The van der Waals surface area contributed by atoms with Crippen molar-refractivity contribution in [2.75, 3.05) is 4.72 Å². The Morgan fingerprint density at radius 3 is 1.93 bits per heavy atom. The minimum Gasteiger partial charge on any atom is -0.313 e.